The monoisotopic (exact) mass is 478 g/mol. The van der Waals surface area contributed by atoms with Crippen LogP contribution in [-0.2, 0) is 14.1 Å². The number of phosphoric acid groups is 1. The van der Waals surface area contributed by atoms with Crippen LogP contribution in [0.3, 0.4) is 0 Å². The van der Waals surface area contributed by atoms with Crippen molar-refractivity contribution in [3.63, 3.8) is 0 Å². The van der Waals surface area contributed by atoms with Crippen molar-refractivity contribution >= 4 is 13.8 Å². The predicted octanol–water partition coefficient (Wildman–Crippen LogP) is 1.11. The van der Waals surface area contributed by atoms with Crippen LogP contribution >= 0.6 is 7.82 Å². The fraction of sp³-hybridized carbons (Fsp3) is 0.857. The van der Waals surface area contributed by atoms with E-state index in [0.717, 1.165) is 25.7 Å². The van der Waals surface area contributed by atoms with Crippen LogP contribution in [0.25, 0.3) is 0 Å². The molecular formula is C21H44NaO8P. The van der Waals surface area contributed by atoms with Gasteiger partial charge in [0.25, 0.3) is 0 Å². The Bertz CT molecular complexity index is 455. The van der Waals surface area contributed by atoms with E-state index in [2.05, 4.69) is 19.1 Å². The molecule has 0 aromatic heterocycles. The number of allylic oxidation sites excluding steroid dienone is 2. The third-order valence-electron chi connectivity index (χ3n) is 4.29. The standard InChI is InChI=1S/C21H40O4.Na.H3O4P.H/c1-2-3-4-5-6-7-8-9-10-11-12-13-14-15-16-17-21(24)25-19-20(23)18-22;;1-5(2,3)4;/h9-10,20,22-23H,2-8,11-19H2,1H3;;(H3,1,2,3,4);/q;+1;;-1/b10-9-;;;. The van der Waals surface area contributed by atoms with Crippen LogP contribution in [0.2, 0.25) is 0 Å². The number of aliphatic hydroxyl groups excluding tert-OH is 2. The summed E-state index contributed by atoms with van der Waals surface area (Å²) in [7, 11) is -4.64. The van der Waals surface area contributed by atoms with Crippen molar-refractivity contribution in [3.05, 3.63) is 12.2 Å². The maximum atomic E-state index is 11.4. The largest absolute Gasteiger partial charge is 1.00 e. The van der Waals surface area contributed by atoms with E-state index < -0.39 is 13.9 Å². The van der Waals surface area contributed by atoms with Gasteiger partial charge in [-0.1, -0.05) is 70.4 Å². The number of aliphatic hydroxyl groups is 2. The molecule has 0 aromatic rings. The molecule has 0 aliphatic rings. The van der Waals surface area contributed by atoms with Gasteiger partial charge in [-0.25, -0.2) is 4.57 Å². The summed E-state index contributed by atoms with van der Waals surface area (Å²) in [4.78, 5) is 32.9. The summed E-state index contributed by atoms with van der Waals surface area (Å²) in [5.74, 6) is -0.287. The van der Waals surface area contributed by atoms with Crippen molar-refractivity contribution in [2.45, 2.75) is 103 Å². The first-order valence-electron chi connectivity index (χ1n) is 11.1. The molecule has 0 spiro atoms. The molecule has 0 bridgehead atoms. The Balaban J connectivity index is -0.000000501. The summed E-state index contributed by atoms with van der Waals surface area (Å²) < 4.78 is 13.7. The molecule has 0 aliphatic heterocycles. The van der Waals surface area contributed by atoms with Crippen molar-refractivity contribution in [1.82, 2.24) is 0 Å². The van der Waals surface area contributed by atoms with E-state index in [4.69, 9.17) is 34.2 Å². The van der Waals surface area contributed by atoms with Crippen LogP contribution in [0.5, 0.6) is 0 Å². The van der Waals surface area contributed by atoms with E-state index >= 15 is 0 Å². The molecule has 0 radical (unpaired) electrons. The molecule has 31 heavy (non-hydrogen) atoms. The van der Waals surface area contributed by atoms with Crippen molar-refractivity contribution in [2.75, 3.05) is 13.2 Å². The average Bonchev–Trinajstić information content (AvgIpc) is 2.67. The summed E-state index contributed by atoms with van der Waals surface area (Å²) in [6.45, 7) is 1.77. The normalized spacial score (nSPS) is 12.1. The Labute approximate surface area is 211 Å². The number of rotatable bonds is 18. The molecule has 5 N–H and O–H groups in total. The third kappa shape index (κ3) is 41.0. The van der Waals surface area contributed by atoms with Crippen LogP contribution in [0.1, 0.15) is 98.2 Å². The minimum atomic E-state index is -4.64. The van der Waals surface area contributed by atoms with Gasteiger partial charge in [-0.15, -0.1) is 0 Å². The van der Waals surface area contributed by atoms with Gasteiger partial charge >= 0.3 is 43.3 Å². The van der Waals surface area contributed by atoms with Crippen LogP contribution in [0, 0.1) is 0 Å². The zero-order chi connectivity index (χ0) is 23.1. The summed E-state index contributed by atoms with van der Waals surface area (Å²) in [6, 6.07) is 0. The minimum Gasteiger partial charge on any atom is -1.00 e. The van der Waals surface area contributed by atoms with E-state index in [1.807, 2.05) is 0 Å². The molecule has 0 saturated carbocycles. The van der Waals surface area contributed by atoms with Gasteiger partial charge in [0, 0.05) is 6.42 Å². The first-order chi connectivity index (χ1) is 14.2. The summed E-state index contributed by atoms with van der Waals surface area (Å²) >= 11 is 0. The summed E-state index contributed by atoms with van der Waals surface area (Å²) in [5, 5.41) is 17.7. The van der Waals surface area contributed by atoms with Gasteiger partial charge in [0.05, 0.1) is 6.61 Å². The quantitative estimate of drug-likeness (QED) is 0.0648. The second-order valence-electron chi connectivity index (χ2n) is 7.37. The molecule has 0 rings (SSSR count). The molecule has 0 saturated heterocycles. The van der Waals surface area contributed by atoms with Gasteiger partial charge in [-0.3, -0.25) is 4.79 Å². The molecule has 182 valence electrons. The van der Waals surface area contributed by atoms with Crippen LogP contribution in [-0.4, -0.2) is 50.2 Å². The Morgan fingerprint density at radius 1 is 0.903 bits per heavy atom. The first-order valence-corrected chi connectivity index (χ1v) is 12.6. The molecule has 0 fully saturated rings. The Hall–Kier alpha value is 0.240. The molecule has 1 atom stereocenters. The maximum absolute atomic E-state index is 11.4. The van der Waals surface area contributed by atoms with Crippen molar-refractivity contribution < 1.29 is 70.0 Å². The molecule has 0 aromatic carbocycles. The molecule has 0 aliphatic carbocycles. The molecular weight excluding hydrogens is 434 g/mol. The fourth-order valence-electron chi connectivity index (χ4n) is 2.65. The summed E-state index contributed by atoms with van der Waals surface area (Å²) in [5.41, 5.74) is 0. The van der Waals surface area contributed by atoms with Crippen LogP contribution in [0.4, 0.5) is 0 Å². The predicted molar refractivity (Wildman–Crippen MR) is 119 cm³/mol. The molecule has 0 amide bonds. The number of unbranched alkanes of at least 4 members (excludes halogenated alkanes) is 11. The van der Waals surface area contributed by atoms with Gasteiger partial charge in [0.2, 0.25) is 0 Å². The van der Waals surface area contributed by atoms with Gasteiger partial charge in [0.1, 0.15) is 12.7 Å². The Kier molecular flexibility index (Phi) is 30.6. The van der Waals surface area contributed by atoms with Gasteiger partial charge in [0.15, 0.2) is 0 Å². The number of carbonyl (C=O) groups excluding carboxylic acids is 1. The number of hydrogen-bond acceptors (Lipinski definition) is 5. The van der Waals surface area contributed by atoms with E-state index in [-0.39, 0.29) is 50.2 Å². The summed E-state index contributed by atoms with van der Waals surface area (Å²) in [6.07, 6.45) is 20.1. The van der Waals surface area contributed by atoms with E-state index in [1.54, 1.807) is 0 Å². The maximum Gasteiger partial charge on any atom is 1.00 e. The SMILES string of the molecule is CCCCCCCC/C=C\CCCCCCCC(=O)OCC(O)CO.O=P(O)(O)O.[H-].[Na+]. The second-order valence-corrected chi connectivity index (χ2v) is 8.39. The number of carbonyl (C=O) groups is 1. The zero-order valence-electron chi connectivity index (χ0n) is 20.5. The number of hydrogen-bond donors (Lipinski definition) is 5. The smallest absolute Gasteiger partial charge is 1.00 e. The average molecular weight is 479 g/mol. The third-order valence-corrected chi connectivity index (χ3v) is 4.29. The van der Waals surface area contributed by atoms with E-state index in [9.17, 15) is 4.79 Å². The zero-order valence-corrected chi connectivity index (χ0v) is 22.3. The topological polar surface area (TPSA) is 145 Å². The Morgan fingerprint density at radius 2 is 1.32 bits per heavy atom. The van der Waals surface area contributed by atoms with E-state index in [0.29, 0.717) is 6.42 Å². The van der Waals surface area contributed by atoms with Gasteiger partial charge in [-0.2, -0.15) is 0 Å². The number of ether oxygens (including phenoxy) is 1. The van der Waals surface area contributed by atoms with Crippen molar-refractivity contribution in [1.29, 1.82) is 0 Å². The number of esters is 1. The van der Waals surface area contributed by atoms with E-state index in [1.165, 1.54) is 57.8 Å². The first kappa shape index (κ1) is 35.8. The molecule has 1 unspecified atom stereocenters. The van der Waals surface area contributed by atoms with Crippen LogP contribution in [0.15, 0.2) is 12.2 Å². The minimum absolute atomic E-state index is 0. The molecule has 10 heteroatoms. The van der Waals surface area contributed by atoms with Gasteiger partial charge in [-0.05, 0) is 32.1 Å². The van der Waals surface area contributed by atoms with Crippen molar-refractivity contribution in [2.24, 2.45) is 0 Å². The fourth-order valence-corrected chi connectivity index (χ4v) is 2.65. The molecule has 8 nitrogen and oxygen atoms in total. The van der Waals surface area contributed by atoms with Crippen LogP contribution < -0.4 is 29.6 Å². The Morgan fingerprint density at radius 3 is 1.77 bits per heavy atom. The van der Waals surface area contributed by atoms with Gasteiger partial charge < -0.3 is 31.1 Å². The van der Waals surface area contributed by atoms with Crippen molar-refractivity contribution in [3.8, 4) is 0 Å². The molecule has 0 heterocycles. The second kappa shape index (κ2) is 26.5.